The summed E-state index contributed by atoms with van der Waals surface area (Å²) in [7, 11) is 0. The second-order valence-electron chi connectivity index (χ2n) is 12.2. The Balaban J connectivity index is 1.38. The van der Waals surface area contributed by atoms with Crippen LogP contribution in [0.2, 0.25) is 0 Å². The summed E-state index contributed by atoms with van der Waals surface area (Å²) >= 11 is 0. The molecule has 2 nitrogen and oxygen atoms in total. The van der Waals surface area contributed by atoms with Crippen LogP contribution in [0, 0.1) is 11.3 Å². The third-order valence-corrected chi connectivity index (χ3v) is 9.79. The van der Waals surface area contributed by atoms with Gasteiger partial charge in [0.15, 0.2) is 0 Å². The van der Waals surface area contributed by atoms with Crippen LogP contribution in [-0.4, -0.2) is 4.98 Å². The van der Waals surface area contributed by atoms with Gasteiger partial charge in [0.25, 0.3) is 0 Å². The van der Waals surface area contributed by atoms with Crippen molar-refractivity contribution < 1.29 is 0 Å². The molecular formula is C45H28N2. The largest absolute Gasteiger partial charge is 0.247 e. The standard InChI is InChI=1S/C45H28N2/c46-29-30-19-21-31(22-20-30)32-23-25-33(26-24-32)44-43-37(36-15-8-10-18-41(36)47-44)27-28-40-42(43)38-16-7-9-17-39(38)45(40,34-11-3-1-4-12-34)35-13-5-2-6-14-35/h1-28H. The molecule has 0 saturated heterocycles. The number of nitrogens with zero attached hydrogens (tertiary/aromatic N) is 2. The number of fused-ring (bicyclic) bond motifs is 7. The van der Waals surface area contributed by atoms with Crippen molar-refractivity contribution in [1.29, 1.82) is 5.26 Å². The van der Waals surface area contributed by atoms with Gasteiger partial charge >= 0.3 is 0 Å². The first kappa shape index (κ1) is 27.0. The summed E-state index contributed by atoms with van der Waals surface area (Å²) in [6.45, 7) is 0. The maximum Gasteiger partial charge on any atom is 0.0991 e. The Hall–Kier alpha value is -6.30. The maximum atomic E-state index is 9.26. The molecule has 0 bridgehead atoms. The molecule has 8 aromatic rings. The van der Waals surface area contributed by atoms with Gasteiger partial charge in [0.1, 0.15) is 0 Å². The molecule has 2 heteroatoms. The lowest BCUT2D eigenvalue weighted by molar-refractivity contribution is 0.769. The molecule has 0 radical (unpaired) electrons. The van der Waals surface area contributed by atoms with E-state index in [4.69, 9.17) is 4.98 Å². The van der Waals surface area contributed by atoms with Crippen LogP contribution in [0.3, 0.4) is 0 Å². The molecular weight excluding hydrogens is 569 g/mol. The molecule has 1 aromatic heterocycles. The zero-order chi connectivity index (χ0) is 31.4. The number of hydrogen-bond acceptors (Lipinski definition) is 2. The number of hydrogen-bond donors (Lipinski definition) is 0. The van der Waals surface area contributed by atoms with E-state index in [-0.39, 0.29) is 0 Å². The topological polar surface area (TPSA) is 36.7 Å². The van der Waals surface area contributed by atoms with Crippen molar-refractivity contribution in [2.75, 3.05) is 0 Å². The molecule has 0 unspecified atom stereocenters. The van der Waals surface area contributed by atoms with Crippen LogP contribution < -0.4 is 0 Å². The monoisotopic (exact) mass is 596 g/mol. The third-order valence-electron chi connectivity index (χ3n) is 9.79. The third kappa shape index (κ3) is 4.00. The Morgan fingerprint density at radius 3 is 1.72 bits per heavy atom. The van der Waals surface area contributed by atoms with Crippen LogP contribution in [0.5, 0.6) is 0 Å². The second kappa shape index (κ2) is 10.7. The van der Waals surface area contributed by atoms with E-state index in [1.54, 1.807) is 0 Å². The number of rotatable bonds is 4. The maximum absolute atomic E-state index is 9.26. The Bertz CT molecular complexity index is 2450. The molecule has 218 valence electrons. The minimum absolute atomic E-state index is 0.481. The molecule has 9 rings (SSSR count). The smallest absolute Gasteiger partial charge is 0.0991 e. The van der Waals surface area contributed by atoms with Gasteiger partial charge in [-0.1, -0.05) is 152 Å². The summed E-state index contributed by atoms with van der Waals surface area (Å²) in [5, 5.41) is 12.8. The quantitative estimate of drug-likeness (QED) is 0.190. The predicted octanol–water partition coefficient (Wildman–Crippen LogP) is 11.0. The lowest BCUT2D eigenvalue weighted by atomic mass is 9.67. The van der Waals surface area contributed by atoms with Crippen molar-refractivity contribution in [3.8, 4) is 39.6 Å². The van der Waals surface area contributed by atoms with Crippen molar-refractivity contribution in [3.05, 3.63) is 198 Å². The van der Waals surface area contributed by atoms with Gasteiger partial charge in [0, 0.05) is 16.3 Å². The van der Waals surface area contributed by atoms with Crippen LogP contribution in [0.15, 0.2) is 170 Å². The summed E-state index contributed by atoms with van der Waals surface area (Å²) < 4.78 is 0. The lowest BCUT2D eigenvalue weighted by Gasteiger charge is -2.34. The van der Waals surface area contributed by atoms with Crippen molar-refractivity contribution >= 4 is 21.7 Å². The summed E-state index contributed by atoms with van der Waals surface area (Å²) in [6, 6.07) is 62.6. The van der Waals surface area contributed by atoms with Gasteiger partial charge in [-0.15, -0.1) is 0 Å². The first-order chi connectivity index (χ1) is 23.3. The highest BCUT2D eigenvalue weighted by atomic mass is 14.7. The lowest BCUT2D eigenvalue weighted by Crippen LogP contribution is -2.28. The normalized spacial score (nSPS) is 12.8. The van der Waals surface area contributed by atoms with Crippen LogP contribution >= 0.6 is 0 Å². The Labute approximate surface area is 273 Å². The second-order valence-corrected chi connectivity index (χ2v) is 12.2. The van der Waals surface area contributed by atoms with E-state index in [2.05, 4.69) is 152 Å². The molecule has 0 amide bonds. The van der Waals surface area contributed by atoms with Crippen molar-refractivity contribution in [2.24, 2.45) is 0 Å². The Morgan fingerprint density at radius 1 is 0.468 bits per heavy atom. The SMILES string of the molecule is N#Cc1ccc(-c2ccc(-c3nc4ccccc4c4ccc5c(c34)-c3ccccc3C5(c3ccccc3)c3ccccc3)cc2)cc1. The van der Waals surface area contributed by atoms with Crippen LogP contribution in [0.4, 0.5) is 0 Å². The van der Waals surface area contributed by atoms with E-state index in [0.29, 0.717) is 5.56 Å². The number of pyridine rings is 1. The van der Waals surface area contributed by atoms with Crippen LogP contribution in [0.25, 0.3) is 55.2 Å². The zero-order valence-corrected chi connectivity index (χ0v) is 25.6. The molecule has 0 N–H and O–H groups in total. The summed E-state index contributed by atoms with van der Waals surface area (Å²) in [5.74, 6) is 0. The molecule has 1 heterocycles. The molecule has 1 aliphatic rings. The number of aromatic nitrogens is 1. The Kier molecular flexibility index (Phi) is 6.13. The molecule has 47 heavy (non-hydrogen) atoms. The molecule has 0 saturated carbocycles. The van der Waals surface area contributed by atoms with Crippen LogP contribution in [-0.2, 0) is 5.41 Å². The van der Waals surface area contributed by atoms with Crippen LogP contribution in [0.1, 0.15) is 27.8 Å². The number of nitriles is 1. The van der Waals surface area contributed by atoms with Gasteiger partial charge < -0.3 is 0 Å². The van der Waals surface area contributed by atoms with Gasteiger partial charge in [0.05, 0.1) is 28.3 Å². The summed E-state index contributed by atoms with van der Waals surface area (Å²) in [6.07, 6.45) is 0. The summed E-state index contributed by atoms with van der Waals surface area (Å²) in [4.78, 5) is 5.41. The number of benzene rings is 7. The highest BCUT2D eigenvalue weighted by Gasteiger charge is 2.46. The van der Waals surface area contributed by atoms with Gasteiger partial charge in [-0.25, -0.2) is 4.98 Å². The minimum atomic E-state index is -0.481. The van der Waals surface area contributed by atoms with Gasteiger partial charge in [0.2, 0.25) is 0 Å². The van der Waals surface area contributed by atoms with Gasteiger partial charge in [-0.2, -0.15) is 5.26 Å². The number of para-hydroxylation sites is 1. The fraction of sp³-hybridized carbons (Fsp3) is 0.0222. The van der Waals surface area contributed by atoms with Crippen molar-refractivity contribution in [3.63, 3.8) is 0 Å². The highest BCUT2D eigenvalue weighted by Crippen LogP contribution is 2.58. The Morgan fingerprint density at radius 2 is 1.04 bits per heavy atom. The molecule has 1 aliphatic carbocycles. The van der Waals surface area contributed by atoms with Gasteiger partial charge in [-0.05, 0) is 68.1 Å². The van der Waals surface area contributed by atoms with E-state index in [0.717, 1.165) is 33.3 Å². The van der Waals surface area contributed by atoms with Crippen molar-refractivity contribution in [1.82, 2.24) is 4.98 Å². The molecule has 0 aliphatic heterocycles. The average Bonchev–Trinajstić information content (AvgIpc) is 3.46. The fourth-order valence-electron chi connectivity index (χ4n) is 7.75. The van der Waals surface area contributed by atoms with E-state index in [1.807, 2.05) is 24.3 Å². The van der Waals surface area contributed by atoms with Gasteiger partial charge in [-0.3, -0.25) is 0 Å². The van der Waals surface area contributed by atoms with E-state index >= 15 is 0 Å². The molecule has 7 aromatic carbocycles. The molecule has 0 fully saturated rings. The predicted molar refractivity (Wildman–Crippen MR) is 192 cm³/mol. The first-order valence-corrected chi connectivity index (χ1v) is 16.0. The minimum Gasteiger partial charge on any atom is -0.247 e. The molecule has 0 spiro atoms. The fourth-order valence-corrected chi connectivity index (χ4v) is 7.75. The molecule has 0 atom stereocenters. The van der Waals surface area contributed by atoms with E-state index in [9.17, 15) is 5.26 Å². The van der Waals surface area contributed by atoms with E-state index in [1.165, 1.54) is 44.2 Å². The zero-order valence-electron chi connectivity index (χ0n) is 25.6. The van der Waals surface area contributed by atoms with Crippen molar-refractivity contribution in [2.45, 2.75) is 5.41 Å². The first-order valence-electron chi connectivity index (χ1n) is 16.0. The summed E-state index contributed by atoms with van der Waals surface area (Å²) in [5.41, 5.74) is 12.9. The average molecular weight is 597 g/mol. The highest BCUT2D eigenvalue weighted by molar-refractivity contribution is 6.18. The van der Waals surface area contributed by atoms with E-state index < -0.39 is 5.41 Å².